The summed E-state index contributed by atoms with van der Waals surface area (Å²) in [6.07, 6.45) is 0. The minimum atomic E-state index is -0.639. The fourth-order valence-corrected chi connectivity index (χ4v) is 0. The third-order valence-corrected chi connectivity index (χ3v) is 0. The van der Waals surface area contributed by atoms with Crippen LogP contribution < -0.4 is 0 Å². The topological polar surface area (TPSA) is 51.2 Å². The van der Waals surface area contributed by atoms with Crippen molar-refractivity contribution in [2.24, 2.45) is 0 Å². The van der Waals surface area contributed by atoms with Gasteiger partial charge in [0.15, 0.2) is 0 Å². The van der Waals surface area contributed by atoms with E-state index < -0.39 is 15.4 Å². The van der Waals surface area contributed by atoms with Crippen LogP contribution in [0, 0.1) is 0 Å². The number of halogens is 2. The van der Waals surface area contributed by atoms with E-state index in [4.69, 9.17) is 33.7 Å². The molecule has 0 heterocycles. The molecule has 0 aromatic carbocycles. The predicted octanol–water partition coefficient (Wildman–Crippen LogP) is 0.822. The second-order valence-corrected chi connectivity index (χ2v) is 3.72. The maximum atomic E-state index is 8.00. The molecule has 0 aromatic rings. The Kier molecular flexibility index (Phi) is 725. The second kappa shape index (κ2) is 286. The first kappa shape index (κ1) is 22.9. The molecular formula is C3H6Cl2O3Os. The van der Waals surface area contributed by atoms with Gasteiger partial charge in [-0.1, -0.05) is 0 Å². The summed E-state index contributed by atoms with van der Waals surface area (Å²) in [5.74, 6) is 0. The van der Waals surface area contributed by atoms with Crippen molar-refractivity contribution in [2.45, 2.75) is 0 Å². The Morgan fingerprint density at radius 2 is 0.778 bits per heavy atom. The number of hydrogen-bond acceptors (Lipinski definition) is 3. The molecule has 3 nitrogen and oxygen atoms in total. The molecular weight excluding hydrogens is 345 g/mol. The fraction of sp³-hybridized carbons (Fsp3) is 0. The SMILES string of the molecule is C=O.C=O.C=O.[Cl][Os][Cl]. The van der Waals surface area contributed by atoms with Crippen LogP contribution in [0.2, 0.25) is 0 Å². The van der Waals surface area contributed by atoms with Crippen LogP contribution in [-0.2, 0) is 29.8 Å². The molecule has 0 N–H and O–H groups in total. The van der Waals surface area contributed by atoms with Crippen molar-refractivity contribution < 1.29 is 29.8 Å². The predicted molar refractivity (Wildman–Crippen MR) is 33.1 cm³/mol. The monoisotopic (exact) mass is 352 g/mol. The zero-order valence-corrected chi connectivity index (χ0v) is 8.51. The summed E-state index contributed by atoms with van der Waals surface area (Å²) in [4.78, 5) is 24.0. The minimum absolute atomic E-state index is 0.639. The molecule has 6 heteroatoms. The van der Waals surface area contributed by atoms with Crippen LogP contribution in [0.25, 0.3) is 0 Å². The molecule has 58 valence electrons. The standard InChI is InChI=1S/3CH2O.2ClH.Os/c3*1-2;;;/h3*1H2;2*1H;/q;;;;;+2/p-2. The van der Waals surface area contributed by atoms with Crippen molar-refractivity contribution in [1.82, 2.24) is 0 Å². The number of carbonyl (C=O) groups is 3. The van der Waals surface area contributed by atoms with Crippen LogP contribution in [0.3, 0.4) is 0 Å². The summed E-state index contributed by atoms with van der Waals surface area (Å²) in [6.45, 7) is 6.00. The summed E-state index contributed by atoms with van der Waals surface area (Å²) in [6, 6.07) is 0. The average molecular weight is 351 g/mol. The van der Waals surface area contributed by atoms with Crippen LogP contribution in [0.1, 0.15) is 0 Å². The first-order valence-corrected chi connectivity index (χ1v) is 7.43. The first-order valence-electron chi connectivity index (χ1n) is 1.13. The Hall–Kier alpha value is 0.226. The molecule has 0 spiro atoms. The van der Waals surface area contributed by atoms with Gasteiger partial charge in [-0.15, -0.1) is 0 Å². The van der Waals surface area contributed by atoms with E-state index in [1.54, 1.807) is 0 Å². The molecule has 0 bridgehead atoms. The summed E-state index contributed by atoms with van der Waals surface area (Å²) < 4.78 is 0. The molecule has 0 aliphatic heterocycles. The first-order chi connectivity index (χ1) is 4.41. The van der Waals surface area contributed by atoms with E-state index in [1.807, 2.05) is 20.4 Å². The summed E-state index contributed by atoms with van der Waals surface area (Å²) in [5.41, 5.74) is 0. The number of rotatable bonds is 0. The van der Waals surface area contributed by atoms with Crippen LogP contribution in [0.5, 0.6) is 0 Å². The van der Waals surface area contributed by atoms with E-state index in [9.17, 15) is 0 Å². The van der Waals surface area contributed by atoms with Crippen molar-refractivity contribution in [3.8, 4) is 0 Å². The van der Waals surface area contributed by atoms with Crippen LogP contribution >= 0.6 is 19.3 Å². The van der Waals surface area contributed by atoms with Crippen LogP contribution in [-0.4, -0.2) is 20.4 Å². The van der Waals surface area contributed by atoms with Crippen LogP contribution in [0.4, 0.5) is 0 Å². The van der Waals surface area contributed by atoms with E-state index in [0.29, 0.717) is 0 Å². The molecule has 0 rings (SSSR count). The van der Waals surface area contributed by atoms with E-state index >= 15 is 0 Å². The molecule has 0 amide bonds. The molecule has 0 saturated carbocycles. The Balaban J connectivity index is -0.0000000190. The van der Waals surface area contributed by atoms with Gasteiger partial charge in [0.25, 0.3) is 0 Å². The molecule has 0 atom stereocenters. The van der Waals surface area contributed by atoms with Crippen molar-refractivity contribution in [2.75, 3.05) is 0 Å². The van der Waals surface area contributed by atoms with Gasteiger partial charge in [0.05, 0.1) is 0 Å². The van der Waals surface area contributed by atoms with Gasteiger partial charge in [0, 0.05) is 0 Å². The van der Waals surface area contributed by atoms with Crippen molar-refractivity contribution in [3.63, 3.8) is 0 Å². The Labute approximate surface area is 69.5 Å². The fourth-order valence-electron chi connectivity index (χ4n) is 0. The van der Waals surface area contributed by atoms with E-state index in [-0.39, 0.29) is 0 Å². The summed E-state index contributed by atoms with van der Waals surface area (Å²) in [7, 11) is 9.81. The zero-order chi connectivity index (χ0) is 8.71. The zero-order valence-electron chi connectivity index (χ0n) is 4.46. The van der Waals surface area contributed by atoms with Gasteiger partial charge in [-0.2, -0.15) is 0 Å². The molecule has 0 aliphatic rings. The molecule has 9 heavy (non-hydrogen) atoms. The van der Waals surface area contributed by atoms with Gasteiger partial charge in [0.2, 0.25) is 0 Å². The van der Waals surface area contributed by atoms with Gasteiger partial charge in [-0.25, -0.2) is 0 Å². The quantitative estimate of drug-likeness (QED) is 0.650. The van der Waals surface area contributed by atoms with Gasteiger partial charge in [0.1, 0.15) is 20.4 Å². The van der Waals surface area contributed by atoms with Gasteiger partial charge in [-0.3, -0.25) is 0 Å². The van der Waals surface area contributed by atoms with Crippen molar-refractivity contribution in [3.05, 3.63) is 0 Å². The second-order valence-electron chi connectivity index (χ2n) is 0.0505. The molecule has 0 aliphatic carbocycles. The van der Waals surface area contributed by atoms with Crippen molar-refractivity contribution >= 4 is 39.6 Å². The Bertz CT molecular complexity index is 28.3. The number of hydrogen-bond donors (Lipinski definition) is 0. The van der Waals surface area contributed by atoms with E-state index in [2.05, 4.69) is 0 Å². The molecule has 0 fully saturated rings. The number of carbonyl (C=O) groups excluding carboxylic acids is 3. The Morgan fingerprint density at radius 1 is 0.778 bits per heavy atom. The maximum absolute atomic E-state index is 8.00. The third kappa shape index (κ3) is 6220. The van der Waals surface area contributed by atoms with E-state index in [0.717, 1.165) is 0 Å². The normalized spacial score (nSPS) is 3.78. The summed E-state index contributed by atoms with van der Waals surface area (Å²) >= 11 is -0.639. The van der Waals surface area contributed by atoms with Gasteiger partial charge >= 0.3 is 34.7 Å². The van der Waals surface area contributed by atoms with Gasteiger partial charge in [-0.05, 0) is 0 Å². The molecule has 0 aromatic heterocycles. The Morgan fingerprint density at radius 3 is 0.778 bits per heavy atom. The average Bonchev–Trinajstić information content (AvgIpc) is 2.01. The van der Waals surface area contributed by atoms with E-state index in [1.165, 1.54) is 0 Å². The van der Waals surface area contributed by atoms with Crippen LogP contribution in [0.15, 0.2) is 0 Å². The summed E-state index contributed by atoms with van der Waals surface area (Å²) in [5, 5.41) is 0. The molecule has 0 radical (unpaired) electrons. The van der Waals surface area contributed by atoms with Gasteiger partial charge < -0.3 is 14.4 Å². The molecule has 0 saturated heterocycles. The van der Waals surface area contributed by atoms with Crippen molar-refractivity contribution in [1.29, 1.82) is 0 Å². The molecule has 0 unspecified atom stereocenters. The third-order valence-electron chi connectivity index (χ3n) is 0.